The first-order valence-corrected chi connectivity index (χ1v) is 4.96. The van der Waals surface area contributed by atoms with Crippen LogP contribution in [0.4, 0.5) is 0 Å². The van der Waals surface area contributed by atoms with Crippen molar-refractivity contribution in [2.24, 2.45) is 5.73 Å². The van der Waals surface area contributed by atoms with Gasteiger partial charge in [0.25, 0.3) is 0 Å². The molecule has 0 aliphatic carbocycles. The van der Waals surface area contributed by atoms with Crippen molar-refractivity contribution in [2.75, 3.05) is 0 Å². The lowest BCUT2D eigenvalue weighted by Crippen LogP contribution is -2.09. The zero-order valence-corrected chi connectivity index (χ0v) is 9.15. The molecule has 1 aromatic carbocycles. The maximum absolute atomic E-state index is 6.06. The molecule has 0 unspecified atom stereocenters. The first kappa shape index (κ1) is 10.6. The Labute approximate surface area is 84.9 Å². The minimum Gasteiger partial charge on any atom is -0.324 e. The van der Waals surface area contributed by atoms with Gasteiger partial charge in [0.2, 0.25) is 0 Å². The summed E-state index contributed by atoms with van der Waals surface area (Å²) in [6.07, 6.45) is 0.959. The molecule has 2 heteroatoms. The fraction of sp³-hybridized carbons (Fsp3) is 0.455. The van der Waals surface area contributed by atoms with Crippen molar-refractivity contribution in [1.82, 2.24) is 0 Å². The van der Waals surface area contributed by atoms with Crippen LogP contribution in [0.25, 0.3) is 0 Å². The van der Waals surface area contributed by atoms with Crippen molar-refractivity contribution in [1.29, 1.82) is 0 Å². The van der Waals surface area contributed by atoms with E-state index in [0.29, 0.717) is 0 Å². The fourth-order valence-corrected chi connectivity index (χ4v) is 1.54. The molecule has 0 radical (unpaired) electrons. The predicted molar refractivity (Wildman–Crippen MR) is 58.1 cm³/mol. The van der Waals surface area contributed by atoms with Gasteiger partial charge in [-0.3, -0.25) is 0 Å². The lowest BCUT2D eigenvalue weighted by atomic mass is 10.0. The smallest absolute Gasteiger partial charge is 0.0464 e. The maximum Gasteiger partial charge on any atom is 0.0464 e. The van der Waals surface area contributed by atoms with Crippen LogP contribution in [0.3, 0.4) is 0 Å². The molecule has 0 saturated heterocycles. The highest BCUT2D eigenvalue weighted by molar-refractivity contribution is 6.32. The Morgan fingerprint density at radius 2 is 1.77 bits per heavy atom. The Morgan fingerprint density at radius 3 is 2.15 bits per heavy atom. The Morgan fingerprint density at radius 1 is 1.31 bits per heavy atom. The van der Waals surface area contributed by atoms with Crippen molar-refractivity contribution >= 4 is 11.6 Å². The Bertz CT molecular complexity index is 284. The summed E-state index contributed by atoms with van der Waals surface area (Å²) in [5.74, 6) is 0. The van der Waals surface area contributed by atoms with Crippen molar-refractivity contribution < 1.29 is 0 Å². The second-order valence-corrected chi connectivity index (χ2v) is 3.86. The fourth-order valence-electron chi connectivity index (χ4n) is 1.43. The lowest BCUT2D eigenvalue weighted by Gasteiger charge is -2.12. The van der Waals surface area contributed by atoms with Crippen molar-refractivity contribution in [2.45, 2.75) is 33.2 Å². The molecule has 0 spiro atoms. The molecule has 13 heavy (non-hydrogen) atoms. The van der Waals surface area contributed by atoms with Crippen LogP contribution in [0.2, 0.25) is 5.02 Å². The van der Waals surface area contributed by atoms with E-state index in [1.165, 1.54) is 5.56 Å². The molecular weight excluding hydrogens is 182 g/mol. The molecule has 1 aromatic rings. The number of aryl methyl sites for hydroxylation is 2. The van der Waals surface area contributed by atoms with E-state index in [0.717, 1.165) is 22.6 Å². The molecule has 0 aliphatic rings. The average molecular weight is 198 g/mol. The van der Waals surface area contributed by atoms with Gasteiger partial charge in [-0.15, -0.1) is 0 Å². The van der Waals surface area contributed by atoms with Gasteiger partial charge in [0, 0.05) is 11.1 Å². The van der Waals surface area contributed by atoms with Gasteiger partial charge in [-0.05, 0) is 37.0 Å². The van der Waals surface area contributed by atoms with Gasteiger partial charge in [0.15, 0.2) is 0 Å². The van der Waals surface area contributed by atoms with Crippen molar-refractivity contribution in [3.63, 3.8) is 0 Å². The predicted octanol–water partition coefficient (Wildman–Crippen LogP) is 3.37. The second kappa shape index (κ2) is 4.12. The third kappa shape index (κ3) is 2.23. The van der Waals surface area contributed by atoms with Gasteiger partial charge in [0.1, 0.15) is 0 Å². The second-order valence-electron chi connectivity index (χ2n) is 3.48. The molecule has 0 heterocycles. The lowest BCUT2D eigenvalue weighted by molar-refractivity contribution is 0.697. The van der Waals surface area contributed by atoms with Gasteiger partial charge in [-0.1, -0.05) is 30.7 Å². The van der Waals surface area contributed by atoms with Crippen LogP contribution in [0.1, 0.15) is 36.1 Å². The summed E-state index contributed by atoms with van der Waals surface area (Å²) >= 11 is 6.06. The molecule has 0 amide bonds. The van der Waals surface area contributed by atoms with Crippen molar-refractivity contribution in [3.8, 4) is 0 Å². The minimum atomic E-state index is 0.134. The maximum atomic E-state index is 6.06. The number of nitrogens with two attached hydrogens (primary N) is 1. The van der Waals surface area contributed by atoms with E-state index in [-0.39, 0.29) is 6.04 Å². The van der Waals surface area contributed by atoms with Crippen LogP contribution in [0.5, 0.6) is 0 Å². The SMILES string of the molecule is CC[C@H](N)c1cc(C)c(Cl)c(C)c1. The highest BCUT2D eigenvalue weighted by atomic mass is 35.5. The molecule has 0 aliphatic heterocycles. The number of rotatable bonds is 2. The van der Waals surface area contributed by atoms with Crippen LogP contribution in [0, 0.1) is 13.8 Å². The van der Waals surface area contributed by atoms with E-state index < -0.39 is 0 Å². The Balaban J connectivity index is 3.13. The minimum absolute atomic E-state index is 0.134. The normalized spacial score (nSPS) is 13.0. The van der Waals surface area contributed by atoms with Gasteiger partial charge in [-0.25, -0.2) is 0 Å². The Kier molecular flexibility index (Phi) is 3.34. The van der Waals surface area contributed by atoms with Crippen LogP contribution < -0.4 is 5.73 Å². The summed E-state index contributed by atoms with van der Waals surface area (Å²) < 4.78 is 0. The van der Waals surface area contributed by atoms with Gasteiger partial charge >= 0.3 is 0 Å². The van der Waals surface area contributed by atoms with E-state index in [4.69, 9.17) is 17.3 Å². The van der Waals surface area contributed by atoms with Gasteiger partial charge < -0.3 is 5.73 Å². The van der Waals surface area contributed by atoms with Gasteiger partial charge in [0.05, 0.1) is 0 Å². The van der Waals surface area contributed by atoms with Crippen molar-refractivity contribution in [3.05, 3.63) is 33.8 Å². The molecular formula is C11H16ClN. The van der Waals surface area contributed by atoms with E-state index in [1.807, 2.05) is 13.8 Å². The van der Waals surface area contributed by atoms with E-state index in [1.54, 1.807) is 0 Å². The zero-order valence-electron chi connectivity index (χ0n) is 8.39. The molecule has 0 saturated carbocycles. The van der Waals surface area contributed by atoms with Crippen LogP contribution in [0.15, 0.2) is 12.1 Å². The molecule has 1 rings (SSSR count). The third-order valence-electron chi connectivity index (χ3n) is 2.33. The molecule has 0 bridgehead atoms. The molecule has 1 nitrogen and oxygen atoms in total. The number of hydrogen-bond donors (Lipinski definition) is 1. The monoisotopic (exact) mass is 197 g/mol. The van der Waals surface area contributed by atoms with Gasteiger partial charge in [-0.2, -0.15) is 0 Å². The third-order valence-corrected chi connectivity index (χ3v) is 2.92. The van der Waals surface area contributed by atoms with E-state index in [9.17, 15) is 0 Å². The molecule has 0 aromatic heterocycles. The summed E-state index contributed by atoms with van der Waals surface area (Å²) in [7, 11) is 0. The largest absolute Gasteiger partial charge is 0.324 e. The molecule has 72 valence electrons. The van der Waals surface area contributed by atoms with E-state index >= 15 is 0 Å². The summed E-state index contributed by atoms with van der Waals surface area (Å²) in [5.41, 5.74) is 9.34. The average Bonchev–Trinajstić information content (AvgIpc) is 2.12. The zero-order chi connectivity index (χ0) is 10.0. The first-order valence-electron chi connectivity index (χ1n) is 4.58. The molecule has 2 N–H and O–H groups in total. The Hall–Kier alpha value is -0.530. The summed E-state index contributed by atoms with van der Waals surface area (Å²) in [5, 5.41) is 0.854. The standard InChI is InChI=1S/C11H16ClN/c1-4-10(13)9-5-7(2)11(12)8(3)6-9/h5-6,10H,4,13H2,1-3H3/t10-/m0/s1. The highest BCUT2D eigenvalue weighted by Gasteiger charge is 2.07. The summed E-state index contributed by atoms with van der Waals surface area (Å²) in [6.45, 7) is 6.12. The molecule has 0 fully saturated rings. The highest BCUT2D eigenvalue weighted by Crippen LogP contribution is 2.25. The number of hydrogen-bond acceptors (Lipinski definition) is 1. The van der Waals surface area contributed by atoms with Crippen LogP contribution >= 0.6 is 11.6 Å². The van der Waals surface area contributed by atoms with Crippen LogP contribution in [-0.4, -0.2) is 0 Å². The number of halogens is 1. The molecule has 1 atom stereocenters. The first-order chi connectivity index (χ1) is 6.06. The quantitative estimate of drug-likeness (QED) is 0.773. The summed E-state index contributed by atoms with van der Waals surface area (Å²) in [6, 6.07) is 4.28. The number of benzene rings is 1. The summed E-state index contributed by atoms with van der Waals surface area (Å²) in [4.78, 5) is 0. The van der Waals surface area contributed by atoms with Crippen LogP contribution in [-0.2, 0) is 0 Å². The van der Waals surface area contributed by atoms with E-state index in [2.05, 4.69) is 19.1 Å². The topological polar surface area (TPSA) is 26.0 Å².